The molecule has 3 nitrogen and oxygen atoms in total. The van der Waals surface area contributed by atoms with E-state index >= 15 is 0 Å². The van der Waals surface area contributed by atoms with Crippen molar-refractivity contribution in [3.8, 4) is 6.07 Å². The molecule has 0 spiro atoms. The Morgan fingerprint density at radius 2 is 2.30 bits per heavy atom. The van der Waals surface area contributed by atoms with Gasteiger partial charge in [0.25, 0.3) is 0 Å². The Morgan fingerprint density at radius 3 is 2.60 bits per heavy atom. The van der Waals surface area contributed by atoms with Crippen LogP contribution in [0.1, 0.15) is 6.92 Å². The summed E-state index contributed by atoms with van der Waals surface area (Å²) in [6, 6.07) is 1.94. The lowest BCUT2D eigenvalue weighted by atomic mass is 10.2. The first-order chi connectivity index (χ1) is 4.74. The fourth-order valence-electron chi connectivity index (χ4n) is 0.423. The third-order valence-electron chi connectivity index (χ3n) is 1.08. The van der Waals surface area contributed by atoms with Gasteiger partial charge in [-0.1, -0.05) is 0 Å². The summed E-state index contributed by atoms with van der Waals surface area (Å²) >= 11 is 0. The molecule has 0 unspecified atom stereocenters. The fraction of sp³-hybridized carbons (Fsp3) is 0.286. The molecule has 0 aliphatic rings. The largest absolute Gasteiger partial charge is 0.404 e. The van der Waals surface area contributed by atoms with Crippen LogP contribution >= 0.6 is 0 Å². The summed E-state index contributed by atoms with van der Waals surface area (Å²) in [6.45, 7) is 1.86. The predicted octanol–water partition coefficient (Wildman–Crippen LogP) is 0.476. The minimum absolute atomic E-state index is 0.465. The smallest absolute Gasteiger partial charge is 0.101 e. The molecule has 0 radical (unpaired) electrons. The predicted molar refractivity (Wildman–Crippen MR) is 40.7 cm³/mol. The number of nitrogens with one attached hydrogen (secondary N) is 1. The molecule has 3 heteroatoms. The first kappa shape index (κ1) is 8.57. The maximum absolute atomic E-state index is 8.40. The molecule has 3 N–H and O–H groups in total. The third-order valence-corrected chi connectivity index (χ3v) is 1.08. The van der Waals surface area contributed by atoms with Crippen LogP contribution < -0.4 is 11.1 Å². The van der Waals surface area contributed by atoms with Crippen molar-refractivity contribution in [2.24, 2.45) is 5.73 Å². The highest BCUT2D eigenvalue weighted by molar-refractivity contribution is 5.33. The van der Waals surface area contributed by atoms with Crippen molar-refractivity contribution >= 4 is 0 Å². The first-order valence-corrected chi connectivity index (χ1v) is 2.92. The molecule has 0 bridgehead atoms. The Labute approximate surface area is 60.8 Å². The standard InChI is InChI=1S/C7H11N3/c1-6(10-2)3-7(4-8)5-9/h3-4,10H,8H2,1-2H3/b6-3+,7-4+. The Balaban J connectivity index is 4.27. The van der Waals surface area contributed by atoms with Crippen LogP contribution in [-0.2, 0) is 0 Å². The second-order valence-corrected chi connectivity index (χ2v) is 1.81. The number of rotatable bonds is 2. The lowest BCUT2D eigenvalue weighted by molar-refractivity contribution is 0.988. The molecule has 54 valence electrons. The maximum Gasteiger partial charge on any atom is 0.101 e. The number of nitriles is 1. The van der Waals surface area contributed by atoms with Crippen LogP contribution in [0, 0.1) is 11.3 Å². The van der Waals surface area contributed by atoms with Crippen molar-refractivity contribution in [3.05, 3.63) is 23.5 Å². The van der Waals surface area contributed by atoms with Crippen molar-refractivity contribution in [1.82, 2.24) is 5.32 Å². The van der Waals surface area contributed by atoms with E-state index in [-0.39, 0.29) is 0 Å². The highest BCUT2D eigenvalue weighted by atomic mass is 14.8. The van der Waals surface area contributed by atoms with Gasteiger partial charge in [0, 0.05) is 18.9 Å². The van der Waals surface area contributed by atoms with E-state index in [0.717, 1.165) is 5.70 Å². The van der Waals surface area contributed by atoms with Gasteiger partial charge in [-0.2, -0.15) is 5.26 Å². The minimum Gasteiger partial charge on any atom is -0.404 e. The molecule has 0 rings (SSSR count). The first-order valence-electron chi connectivity index (χ1n) is 2.92. The van der Waals surface area contributed by atoms with Gasteiger partial charge in [0.1, 0.15) is 6.07 Å². The number of nitrogens with zero attached hydrogens (tertiary/aromatic N) is 1. The van der Waals surface area contributed by atoms with Gasteiger partial charge in [-0.25, -0.2) is 0 Å². The summed E-state index contributed by atoms with van der Waals surface area (Å²) in [5.74, 6) is 0. The maximum atomic E-state index is 8.40. The highest BCUT2D eigenvalue weighted by Crippen LogP contribution is 1.95. The Kier molecular flexibility index (Phi) is 3.81. The van der Waals surface area contributed by atoms with E-state index < -0.39 is 0 Å². The van der Waals surface area contributed by atoms with Crippen LogP contribution in [0.15, 0.2) is 23.5 Å². The number of hydrogen-bond donors (Lipinski definition) is 2. The molecule has 10 heavy (non-hydrogen) atoms. The van der Waals surface area contributed by atoms with E-state index in [0.29, 0.717) is 5.57 Å². The van der Waals surface area contributed by atoms with Crippen LogP contribution in [0.4, 0.5) is 0 Å². The normalized spacial score (nSPS) is 12.5. The number of allylic oxidation sites excluding steroid dienone is 3. The van der Waals surface area contributed by atoms with Crippen LogP contribution in [0.3, 0.4) is 0 Å². The van der Waals surface area contributed by atoms with Crippen LogP contribution in [0.25, 0.3) is 0 Å². The molecule has 0 aliphatic heterocycles. The van der Waals surface area contributed by atoms with Gasteiger partial charge in [-0.05, 0) is 13.0 Å². The molecule has 0 saturated carbocycles. The fourth-order valence-corrected chi connectivity index (χ4v) is 0.423. The van der Waals surface area contributed by atoms with Gasteiger partial charge in [0.05, 0.1) is 5.57 Å². The molecule has 0 heterocycles. The molecule has 0 aromatic rings. The lowest BCUT2D eigenvalue weighted by Gasteiger charge is -1.95. The van der Waals surface area contributed by atoms with Crippen LogP contribution in [0.2, 0.25) is 0 Å². The summed E-state index contributed by atoms with van der Waals surface area (Å²) in [4.78, 5) is 0. The van der Waals surface area contributed by atoms with Crippen LogP contribution in [0.5, 0.6) is 0 Å². The molecular formula is C7H11N3. The minimum atomic E-state index is 0.465. The molecule has 0 aliphatic carbocycles. The summed E-state index contributed by atoms with van der Waals surface area (Å²) in [7, 11) is 1.79. The van der Waals surface area contributed by atoms with Gasteiger partial charge in [-0.3, -0.25) is 0 Å². The van der Waals surface area contributed by atoms with Crippen molar-refractivity contribution < 1.29 is 0 Å². The Bertz CT molecular complexity index is 195. The molecule has 0 aromatic heterocycles. The highest BCUT2D eigenvalue weighted by Gasteiger charge is 1.87. The van der Waals surface area contributed by atoms with Crippen molar-refractivity contribution in [2.75, 3.05) is 7.05 Å². The topological polar surface area (TPSA) is 61.8 Å². The summed E-state index contributed by atoms with van der Waals surface area (Å²) in [6.07, 6.45) is 2.96. The van der Waals surface area contributed by atoms with E-state index in [1.807, 2.05) is 13.0 Å². The molecule has 0 amide bonds. The van der Waals surface area contributed by atoms with E-state index in [4.69, 9.17) is 11.0 Å². The summed E-state index contributed by atoms with van der Waals surface area (Å²) in [5.41, 5.74) is 6.51. The van der Waals surface area contributed by atoms with Gasteiger partial charge in [-0.15, -0.1) is 0 Å². The van der Waals surface area contributed by atoms with E-state index in [9.17, 15) is 0 Å². The van der Waals surface area contributed by atoms with Gasteiger partial charge < -0.3 is 11.1 Å². The van der Waals surface area contributed by atoms with Crippen molar-refractivity contribution in [2.45, 2.75) is 6.92 Å². The Hall–Kier alpha value is -1.43. The van der Waals surface area contributed by atoms with Crippen LogP contribution in [-0.4, -0.2) is 7.05 Å². The zero-order chi connectivity index (χ0) is 7.98. The monoisotopic (exact) mass is 137 g/mol. The summed E-state index contributed by atoms with van der Waals surface area (Å²) in [5, 5.41) is 11.3. The molecular weight excluding hydrogens is 126 g/mol. The molecule has 0 fully saturated rings. The Morgan fingerprint density at radius 1 is 1.70 bits per heavy atom. The van der Waals surface area contributed by atoms with E-state index in [1.54, 1.807) is 13.1 Å². The second kappa shape index (κ2) is 4.45. The number of nitrogens with two attached hydrogens (primary N) is 1. The molecule has 0 saturated heterocycles. The van der Waals surface area contributed by atoms with Crippen molar-refractivity contribution in [1.29, 1.82) is 5.26 Å². The zero-order valence-electron chi connectivity index (χ0n) is 6.18. The third kappa shape index (κ3) is 2.78. The molecule has 0 aromatic carbocycles. The summed E-state index contributed by atoms with van der Waals surface area (Å²) < 4.78 is 0. The lowest BCUT2D eigenvalue weighted by Crippen LogP contribution is -2.01. The molecule has 0 atom stereocenters. The zero-order valence-corrected chi connectivity index (χ0v) is 6.18. The average molecular weight is 137 g/mol. The second-order valence-electron chi connectivity index (χ2n) is 1.81. The quantitative estimate of drug-likeness (QED) is 0.429. The van der Waals surface area contributed by atoms with Crippen molar-refractivity contribution in [3.63, 3.8) is 0 Å². The van der Waals surface area contributed by atoms with Gasteiger partial charge >= 0.3 is 0 Å². The average Bonchev–Trinajstić information content (AvgIpc) is 1.99. The van der Waals surface area contributed by atoms with E-state index in [2.05, 4.69) is 5.32 Å². The van der Waals surface area contributed by atoms with E-state index in [1.165, 1.54) is 6.20 Å². The van der Waals surface area contributed by atoms with Gasteiger partial charge in [0.15, 0.2) is 0 Å². The SMILES string of the molecule is CN/C(C)=C/C(C#N)=C\N. The number of hydrogen-bond acceptors (Lipinski definition) is 3. The van der Waals surface area contributed by atoms with Gasteiger partial charge in [0.2, 0.25) is 0 Å².